The Kier molecular flexibility index (Phi) is 17.6. The Balaban J connectivity index is 0.00000578. The summed E-state index contributed by atoms with van der Waals surface area (Å²) < 4.78 is 76.6. The van der Waals surface area contributed by atoms with Gasteiger partial charge in [-0.15, -0.1) is 0 Å². The van der Waals surface area contributed by atoms with E-state index in [1.54, 1.807) is 18.2 Å². The van der Waals surface area contributed by atoms with Crippen LogP contribution < -0.4 is 63.9 Å². The van der Waals surface area contributed by atoms with Crippen molar-refractivity contribution in [2.75, 3.05) is 0 Å². The van der Waals surface area contributed by atoms with Crippen LogP contribution in [0.25, 0.3) is 0 Å². The summed E-state index contributed by atoms with van der Waals surface area (Å²) in [6.45, 7) is 2.18. The fourth-order valence-corrected chi connectivity index (χ4v) is 5.11. The standard InChI is InChI=1S/C24H34O7S2.2Na/c1-2-3-4-5-6-7-8-9-10-12-15-20-18-22(32(25,26)27)19-23(24(20)33(28,29)30)31-21-16-13-11-14-17-21;;/h11,13-14,16-19H,2-10,12,15H2,1H3,(H,25,26,27)(H,28,29,30);;/q;2*+1/p-2. The molecule has 0 aliphatic heterocycles. The molecule has 0 saturated carbocycles. The number of unbranched alkanes of at least 4 members (excludes halogenated alkanes) is 9. The van der Waals surface area contributed by atoms with Crippen molar-refractivity contribution in [1.29, 1.82) is 0 Å². The largest absolute Gasteiger partial charge is 1.00 e. The average molecular weight is 543 g/mol. The van der Waals surface area contributed by atoms with Crippen molar-refractivity contribution in [3.8, 4) is 11.5 Å². The molecule has 7 nitrogen and oxygen atoms in total. The van der Waals surface area contributed by atoms with Crippen molar-refractivity contribution in [2.45, 2.75) is 87.3 Å². The molecule has 0 fully saturated rings. The van der Waals surface area contributed by atoms with E-state index in [4.69, 9.17) is 4.74 Å². The molecule has 0 amide bonds. The molecule has 0 aliphatic carbocycles. The van der Waals surface area contributed by atoms with Gasteiger partial charge in [-0.3, -0.25) is 0 Å². The van der Waals surface area contributed by atoms with Crippen molar-refractivity contribution in [2.24, 2.45) is 0 Å². The molecule has 0 aromatic heterocycles. The third-order valence-electron chi connectivity index (χ3n) is 5.41. The normalized spacial score (nSPS) is 11.4. The number of para-hydroxylation sites is 1. The molecule has 0 N–H and O–H groups in total. The second kappa shape index (κ2) is 17.5. The van der Waals surface area contributed by atoms with E-state index in [-0.39, 0.29) is 76.8 Å². The van der Waals surface area contributed by atoms with Gasteiger partial charge in [-0.1, -0.05) is 82.9 Å². The van der Waals surface area contributed by atoms with Crippen LogP contribution in [0.15, 0.2) is 52.3 Å². The van der Waals surface area contributed by atoms with Gasteiger partial charge in [0.25, 0.3) is 0 Å². The third-order valence-corrected chi connectivity index (χ3v) is 7.19. The van der Waals surface area contributed by atoms with E-state index in [0.29, 0.717) is 6.42 Å². The zero-order valence-corrected chi connectivity index (χ0v) is 26.6. The van der Waals surface area contributed by atoms with Crippen molar-refractivity contribution in [1.82, 2.24) is 0 Å². The Morgan fingerprint density at radius 1 is 0.714 bits per heavy atom. The van der Waals surface area contributed by atoms with Crippen LogP contribution in [-0.2, 0) is 26.7 Å². The molecule has 35 heavy (non-hydrogen) atoms. The summed E-state index contributed by atoms with van der Waals surface area (Å²) in [4.78, 5) is -1.24. The van der Waals surface area contributed by atoms with E-state index in [2.05, 4.69) is 6.92 Å². The predicted octanol–water partition coefficient (Wildman–Crippen LogP) is -0.241. The van der Waals surface area contributed by atoms with E-state index in [1.807, 2.05) is 0 Å². The van der Waals surface area contributed by atoms with Gasteiger partial charge >= 0.3 is 59.1 Å². The molecule has 2 aromatic carbocycles. The molecule has 0 bridgehead atoms. The first-order valence-electron chi connectivity index (χ1n) is 11.4. The summed E-state index contributed by atoms with van der Waals surface area (Å²) >= 11 is 0. The molecule has 184 valence electrons. The smallest absolute Gasteiger partial charge is 0.744 e. The predicted molar refractivity (Wildman–Crippen MR) is 124 cm³/mol. The first-order valence-corrected chi connectivity index (χ1v) is 14.3. The van der Waals surface area contributed by atoms with Crippen molar-refractivity contribution in [3.05, 3.63) is 48.0 Å². The van der Waals surface area contributed by atoms with Crippen LogP contribution in [0, 0.1) is 0 Å². The average Bonchev–Trinajstić information content (AvgIpc) is 2.74. The SMILES string of the molecule is CCCCCCCCCCCCc1cc(S(=O)(=O)[O-])cc(Oc2ccccc2)c1S(=O)(=O)[O-].[Na+].[Na+]. The number of rotatable bonds is 15. The van der Waals surface area contributed by atoms with Crippen LogP contribution in [0.3, 0.4) is 0 Å². The molecular formula is C24H32Na2O7S2. The van der Waals surface area contributed by atoms with Gasteiger partial charge in [-0.25, -0.2) is 16.8 Å². The Morgan fingerprint density at radius 3 is 1.71 bits per heavy atom. The Labute approximate surface area is 254 Å². The van der Waals surface area contributed by atoms with Crippen LogP contribution >= 0.6 is 0 Å². The van der Waals surface area contributed by atoms with Crippen molar-refractivity contribution in [3.63, 3.8) is 0 Å². The quantitative estimate of drug-likeness (QED) is 0.173. The molecule has 2 rings (SSSR count). The summed E-state index contributed by atoms with van der Waals surface area (Å²) in [7, 11) is -9.86. The van der Waals surface area contributed by atoms with E-state index in [1.165, 1.54) is 44.2 Å². The van der Waals surface area contributed by atoms with Gasteiger partial charge in [-0.2, -0.15) is 0 Å². The minimum atomic E-state index is -4.98. The Hall–Kier alpha value is 0.0600. The second-order valence-electron chi connectivity index (χ2n) is 8.17. The number of ether oxygens (including phenoxy) is 1. The van der Waals surface area contributed by atoms with Gasteiger partial charge in [0.2, 0.25) is 0 Å². The molecule has 0 saturated heterocycles. The van der Waals surface area contributed by atoms with Gasteiger partial charge in [-0.05, 0) is 42.7 Å². The monoisotopic (exact) mass is 542 g/mol. The molecule has 0 heterocycles. The summed E-state index contributed by atoms with van der Waals surface area (Å²) in [5.41, 5.74) is -0.00702. The number of benzene rings is 2. The molecule has 11 heteroatoms. The van der Waals surface area contributed by atoms with Crippen LogP contribution in [-0.4, -0.2) is 25.9 Å². The van der Waals surface area contributed by atoms with E-state index >= 15 is 0 Å². The molecule has 0 spiro atoms. The summed E-state index contributed by atoms with van der Waals surface area (Å²) in [5.74, 6) is -0.233. The zero-order chi connectivity index (χ0) is 24.3. The summed E-state index contributed by atoms with van der Waals surface area (Å²) in [6, 6.07) is 9.84. The summed E-state index contributed by atoms with van der Waals surface area (Å²) in [5, 5.41) is 0. The number of hydrogen-bond acceptors (Lipinski definition) is 7. The van der Waals surface area contributed by atoms with Crippen LogP contribution in [0.5, 0.6) is 11.5 Å². The van der Waals surface area contributed by atoms with E-state index < -0.39 is 35.8 Å². The van der Waals surface area contributed by atoms with Gasteiger partial charge in [0.05, 0.1) is 4.90 Å². The van der Waals surface area contributed by atoms with Gasteiger partial charge in [0, 0.05) is 0 Å². The molecule has 0 radical (unpaired) electrons. The third kappa shape index (κ3) is 12.9. The van der Waals surface area contributed by atoms with Crippen molar-refractivity contribution >= 4 is 20.2 Å². The van der Waals surface area contributed by atoms with Crippen LogP contribution in [0.2, 0.25) is 0 Å². The second-order valence-corrected chi connectivity index (χ2v) is 10.9. The van der Waals surface area contributed by atoms with Gasteiger partial charge in [0.1, 0.15) is 36.6 Å². The van der Waals surface area contributed by atoms with Gasteiger partial charge < -0.3 is 13.8 Å². The molecule has 0 aliphatic rings. The van der Waals surface area contributed by atoms with E-state index in [0.717, 1.165) is 37.8 Å². The van der Waals surface area contributed by atoms with E-state index in [9.17, 15) is 25.9 Å². The zero-order valence-electron chi connectivity index (χ0n) is 21.0. The van der Waals surface area contributed by atoms with Crippen molar-refractivity contribution < 1.29 is 89.8 Å². The maximum absolute atomic E-state index is 12.0. The number of aryl methyl sites for hydroxylation is 1. The molecule has 0 unspecified atom stereocenters. The minimum Gasteiger partial charge on any atom is -0.744 e. The first kappa shape index (κ1) is 35.1. The summed E-state index contributed by atoms with van der Waals surface area (Å²) in [6.07, 6.45) is 10.9. The van der Waals surface area contributed by atoms with Crippen LogP contribution in [0.4, 0.5) is 0 Å². The first-order chi connectivity index (χ1) is 15.6. The topological polar surface area (TPSA) is 124 Å². The molecule has 0 atom stereocenters. The molecule has 2 aromatic rings. The maximum atomic E-state index is 12.0. The Bertz CT molecular complexity index is 1090. The maximum Gasteiger partial charge on any atom is 1.00 e. The minimum absolute atomic E-state index is 0. The van der Waals surface area contributed by atoms with Gasteiger partial charge in [0.15, 0.2) is 0 Å². The Morgan fingerprint density at radius 2 is 1.23 bits per heavy atom. The van der Waals surface area contributed by atoms with Crippen LogP contribution in [0.1, 0.15) is 76.7 Å². The fraction of sp³-hybridized carbons (Fsp3) is 0.500. The molecular weight excluding hydrogens is 510 g/mol. The fourth-order valence-electron chi connectivity index (χ4n) is 3.74. The number of hydrogen-bond donors (Lipinski definition) is 0.